The van der Waals surface area contributed by atoms with E-state index in [9.17, 15) is 13.6 Å². The van der Waals surface area contributed by atoms with Gasteiger partial charge in [-0.25, -0.2) is 8.78 Å². The van der Waals surface area contributed by atoms with E-state index in [2.05, 4.69) is 12.2 Å². The van der Waals surface area contributed by atoms with Crippen LogP contribution in [0.1, 0.15) is 29.3 Å². The molecule has 0 aliphatic rings. The number of halogens is 2. The lowest BCUT2D eigenvalue weighted by atomic mass is 10.1. The van der Waals surface area contributed by atoms with E-state index < -0.39 is 17.5 Å². The van der Waals surface area contributed by atoms with Gasteiger partial charge >= 0.3 is 0 Å². The Kier molecular flexibility index (Phi) is 4.45. The highest BCUT2D eigenvalue weighted by Gasteiger charge is 2.12. The Morgan fingerprint density at radius 2 is 1.80 bits per heavy atom. The minimum atomic E-state index is -0.870. The third-order valence-electron chi connectivity index (χ3n) is 2.93. The maximum atomic E-state index is 13.5. The van der Waals surface area contributed by atoms with E-state index in [0.29, 0.717) is 11.8 Å². The largest absolute Gasteiger partial charge is 0.322 e. The van der Waals surface area contributed by atoms with Crippen LogP contribution in [0.5, 0.6) is 0 Å². The molecule has 20 heavy (non-hydrogen) atoms. The molecule has 0 unspecified atom stereocenters. The van der Waals surface area contributed by atoms with Crippen LogP contribution >= 0.6 is 0 Å². The van der Waals surface area contributed by atoms with Gasteiger partial charge in [0.2, 0.25) is 0 Å². The summed E-state index contributed by atoms with van der Waals surface area (Å²) in [6, 6.07) is 10.3. The second kappa shape index (κ2) is 6.28. The van der Waals surface area contributed by atoms with E-state index in [1.165, 1.54) is 5.56 Å². The standard InChI is InChI=1S/C16H15F2NO/c1-2-3-11-4-7-13(8-5-11)19-16(20)14-9-6-12(17)10-15(14)18/h4-10H,2-3H2,1H3,(H,19,20). The summed E-state index contributed by atoms with van der Waals surface area (Å²) in [6.07, 6.45) is 2.02. The number of benzene rings is 2. The van der Waals surface area contributed by atoms with Gasteiger partial charge in [-0.2, -0.15) is 0 Å². The number of hydrogen-bond donors (Lipinski definition) is 1. The fourth-order valence-corrected chi connectivity index (χ4v) is 1.92. The van der Waals surface area contributed by atoms with Crippen molar-refractivity contribution in [2.75, 3.05) is 5.32 Å². The molecule has 2 rings (SSSR count). The SMILES string of the molecule is CCCc1ccc(NC(=O)c2ccc(F)cc2F)cc1. The summed E-state index contributed by atoms with van der Waals surface area (Å²) in [7, 11) is 0. The van der Waals surface area contributed by atoms with Gasteiger partial charge in [0.15, 0.2) is 0 Å². The number of carbonyl (C=O) groups excluding carboxylic acids is 1. The topological polar surface area (TPSA) is 29.1 Å². The van der Waals surface area contributed by atoms with E-state index >= 15 is 0 Å². The van der Waals surface area contributed by atoms with Crippen molar-refractivity contribution in [3.8, 4) is 0 Å². The van der Waals surface area contributed by atoms with Gasteiger partial charge in [-0.15, -0.1) is 0 Å². The van der Waals surface area contributed by atoms with Crippen LogP contribution in [-0.4, -0.2) is 5.91 Å². The number of nitrogens with one attached hydrogen (secondary N) is 1. The van der Waals surface area contributed by atoms with Crippen LogP contribution in [0.3, 0.4) is 0 Å². The molecule has 2 nitrogen and oxygen atoms in total. The zero-order chi connectivity index (χ0) is 14.5. The number of rotatable bonds is 4. The van der Waals surface area contributed by atoms with Crippen molar-refractivity contribution in [1.29, 1.82) is 0 Å². The van der Waals surface area contributed by atoms with Crippen molar-refractivity contribution in [2.45, 2.75) is 19.8 Å². The zero-order valence-corrected chi connectivity index (χ0v) is 11.1. The van der Waals surface area contributed by atoms with Gasteiger partial charge in [-0.3, -0.25) is 4.79 Å². The van der Waals surface area contributed by atoms with E-state index in [1.807, 2.05) is 12.1 Å². The van der Waals surface area contributed by atoms with Crippen molar-refractivity contribution >= 4 is 11.6 Å². The molecule has 2 aromatic rings. The number of anilines is 1. The lowest BCUT2D eigenvalue weighted by Crippen LogP contribution is -2.13. The average molecular weight is 275 g/mol. The van der Waals surface area contributed by atoms with Crippen molar-refractivity contribution in [3.63, 3.8) is 0 Å². The van der Waals surface area contributed by atoms with Gasteiger partial charge in [0, 0.05) is 11.8 Å². The first kappa shape index (κ1) is 14.2. The summed E-state index contributed by atoms with van der Waals surface area (Å²) in [5, 5.41) is 2.59. The highest BCUT2D eigenvalue weighted by atomic mass is 19.1. The smallest absolute Gasteiger partial charge is 0.258 e. The first-order valence-electron chi connectivity index (χ1n) is 6.45. The lowest BCUT2D eigenvalue weighted by molar-refractivity contribution is 0.102. The highest BCUT2D eigenvalue weighted by Crippen LogP contribution is 2.15. The predicted molar refractivity (Wildman–Crippen MR) is 74.7 cm³/mol. The van der Waals surface area contributed by atoms with Gasteiger partial charge in [0.05, 0.1) is 5.56 Å². The van der Waals surface area contributed by atoms with Crippen molar-refractivity contribution in [1.82, 2.24) is 0 Å². The fourth-order valence-electron chi connectivity index (χ4n) is 1.92. The van der Waals surface area contributed by atoms with Gasteiger partial charge in [0.1, 0.15) is 11.6 Å². The second-order valence-electron chi connectivity index (χ2n) is 4.53. The second-order valence-corrected chi connectivity index (χ2v) is 4.53. The lowest BCUT2D eigenvalue weighted by Gasteiger charge is -2.07. The van der Waals surface area contributed by atoms with Gasteiger partial charge in [-0.05, 0) is 36.2 Å². The number of carbonyl (C=O) groups is 1. The summed E-state index contributed by atoms with van der Waals surface area (Å²) in [5.74, 6) is -2.17. The molecule has 0 aromatic heterocycles. The maximum absolute atomic E-state index is 13.5. The van der Waals surface area contributed by atoms with Gasteiger partial charge in [-0.1, -0.05) is 25.5 Å². The Morgan fingerprint density at radius 3 is 2.40 bits per heavy atom. The molecule has 0 saturated carbocycles. The van der Waals surface area contributed by atoms with E-state index in [4.69, 9.17) is 0 Å². The number of aryl methyl sites for hydroxylation is 1. The zero-order valence-electron chi connectivity index (χ0n) is 11.1. The van der Waals surface area contributed by atoms with Crippen LogP contribution in [0, 0.1) is 11.6 Å². The minimum absolute atomic E-state index is 0.177. The number of amides is 1. The first-order chi connectivity index (χ1) is 9.60. The molecule has 4 heteroatoms. The Balaban J connectivity index is 2.11. The van der Waals surface area contributed by atoms with Crippen LogP contribution < -0.4 is 5.32 Å². The molecular weight excluding hydrogens is 260 g/mol. The normalized spacial score (nSPS) is 10.3. The molecule has 0 heterocycles. The van der Waals surface area contributed by atoms with Crippen LogP contribution in [0.25, 0.3) is 0 Å². The molecule has 2 aromatic carbocycles. The molecule has 0 fully saturated rings. The van der Waals surface area contributed by atoms with Crippen LogP contribution in [0.15, 0.2) is 42.5 Å². The molecule has 0 bridgehead atoms. The molecule has 1 amide bonds. The molecule has 0 aliphatic carbocycles. The van der Waals surface area contributed by atoms with Crippen molar-refractivity contribution in [3.05, 3.63) is 65.2 Å². The van der Waals surface area contributed by atoms with Crippen molar-refractivity contribution < 1.29 is 13.6 Å². The molecule has 0 spiro atoms. The average Bonchev–Trinajstić information content (AvgIpc) is 2.41. The monoisotopic (exact) mass is 275 g/mol. The van der Waals surface area contributed by atoms with E-state index in [-0.39, 0.29) is 5.56 Å². The molecule has 0 saturated heterocycles. The molecule has 104 valence electrons. The summed E-state index contributed by atoms with van der Waals surface area (Å²) in [5.41, 5.74) is 1.58. The third-order valence-corrected chi connectivity index (χ3v) is 2.93. The quantitative estimate of drug-likeness (QED) is 0.891. The summed E-state index contributed by atoms with van der Waals surface area (Å²) < 4.78 is 26.3. The predicted octanol–water partition coefficient (Wildman–Crippen LogP) is 4.17. The molecule has 0 atom stereocenters. The fraction of sp³-hybridized carbons (Fsp3) is 0.188. The van der Waals surface area contributed by atoms with Gasteiger partial charge in [0.25, 0.3) is 5.91 Å². The Morgan fingerprint density at radius 1 is 1.10 bits per heavy atom. The third kappa shape index (κ3) is 3.41. The number of hydrogen-bond acceptors (Lipinski definition) is 1. The Bertz CT molecular complexity index is 608. The van der Waals surface area contributed by atoms with Crippen molar-refractivity contribution in [2.24, 2.45) is 0 Å². The highest BCUT2D eigenvalue weighted by molar-refractivity contribution is 6.04. The van der Waals surface area contributed by atoms with Crippen LogP contribution in [0.4, 0.5) is 14.5 Å². The van der Waals surface area contributed by atoms with E-state index in [1.54, 1.807) is 12.1 Å². The van der Waals surface area contributed by atoms with Crippen LogP contribution in [-0.2, 0) is 6.42 Å². The van der Waals surface area contributed by atoms with E-state index in [0.717, 1.165) is 25.0 Å². The molecule has 1 N–H and O–H groups in total. The van der Waals surface area contributed by atoms with Crippen LogP contribution in [0.2, 0.25) is 0 Å². The first-order valence-corrected chi connectivity index (χ1v) is 6.45. The summed E-state index contributed by atoms with van der Waals surface area (Å²) in [6.45, 7) is 2.09. The Hall–Kier alpha value is -2.23. The molecular formula is C16H15F2NO. The Labute approximate surface area is 116 Å². The van der Waals surface area contributed by atoms with Gasteiger partial charge < -0.3 is 5.32 Å². The summed E-state index contributed by atoms with van der Waals surface area (Å²) in [4.78, 5) is 11.9. The maximum Gasteiger partial charge on any atom is 0.258 e. The molecule has 0 aliphatic heterocycles. The molecule has 0 radical (unpaired) electrons. The minimum Gasteiger partial charge on any atom is -0.322 e. The summed E-state index contributed by atoms with van der Waals surface area (Å²) >= 11 is 0.